The lowest BCUT2D eigenvalue weighted by atomic mass is 9.84. The van der Waals surface area contributed by atoms with Gasteiger partial charge >= 0.3 is 6.09 Å². The van der Waals surface area contributed by atoms with E-state index in [1.807, 2.05) is 12.1 Å². The Bertz CT molecular complexity index is 1770. The highest BCUT2D eigenvalue weighted by atomic mass is 19.1. The summed E-state index contributed by atoms with van der Waals surface area (Å²) in [5.41, 5.74) is 5.66. The molecule has 1 aliphatic rings. The van der Waals surface area contributed by atoms with E-state index in [1.165, 1.54) is 12.1 Å². The molecule has 0 aliphatic carbocycles. The van der Waals surface area contributed by atoms with E-state index >= 15 is 0 Å². The van der Waals surface area contributed by atoms with Crippen molar-refractivity contribution >= 4 is 33.8 Å². The van der Waals surface area contributed by atoms with Gasteiger partial charge in [0.1, 0.15) is 12.4 Å². The Morgan fingerprint density at radius 2 is 1.90 bits per heavy atom. The molecule has 2 amide bonds. The van der Waals surface area contributed by atoms with Gasteiger partial charge in [-0.15, -0.1) is 0 Å². The highest BCUT2D eigenvalue weighted by Gasteiger charge is 2.32. The molecule has 1 fully saturated rings. The van der Waals surface area contributed by atoms with Crippen LogP contribution in [-0.4, -0.2) is 71.6 Å². The first-order valence-electron chi connectivity index (χ1n) is 13.8. The largest absolute Gasteiger partial charge is 0.448 e. The van der Waals surface area contributed by atoms with Gasteiger partial charge in [-0.05, 0) is 54.1 Å². The number of nitrogens with zero attached hydrogens (tertiary/aromatic N) is 3. The van der Waals surface area contributed by atoms with E-state index in [-0.39, 0.29) is 17.8 Å². The van der Waals surface area contributed by atoms with Crippen LogP contribution in [0, 0.1) is 5.82 Å². The number of aromatic nitrogens is 3. The Hall–Kier alpha value is -4.70. The zero-order valence-corrected chi connectivity index (χ0v) is 23.7. The lowest BCUT2D eigenvalue weighted by molar-refractivity contribution is 0.0949. The van der Waals surface area contributed by atoms with Crippen molar-refractivity contribution in [3.05, 3.63) is 83.9 Å². The summed E-state index contributed by atoms with van der Waals surface area (Å²) in [6.07, 6.45) is 1.43. The first-order valence-corrected chi connectivity index (χ1v) is 13.8. The minimum Gasteiger partial charge on any atom is -0.448 e. The molecule has 5 aromatic rings. The lowest BCUT2D eigenvalue weighted by Crippen LogP contribution is -2.35. The van der Waals surface area contributed by atoms with Crippen molar-refractivity contribution < 1.29 is 23.5 Å². The van der Waals surface area contributed by atoms with Crippen molar-refractivity contribution in [3.63, 3.8) is 0 Å². The predicted molar refractivity (Wildman–Crippen MR) is 158 cm³/mol. The predicted octanol–water partition coefficient (Wildman–Crippen LogP) is 5.42. The summed E-state index contributed by atoms with van der Waals surface area (Å²) in [6.45, 7) is 6.32. The van der Waals surface area contributed by atoms with Gasteiger partial charge in [0.05, 0.1) is 30.4 Å². The Balaban J connectivity index is 1.44. The van der Waals surface area contributed by atoms with E-state index in [1.54, 1.807) is 42.5 Å². The van der Waals surface area contributed by atoms with E-state index < -0.39 is 5.41 Å². The molecule has 216 valence electrons. The maximum Gasteiger partial charge on any atom is 0.409 e. The van der Waals surface area contributed by atoms with Crippen LogP contribution >= 0.6 is 0 Å². The average molecular weight is 570 g/mol. The molecule has 1 aliphatic heterocycles. The van der Waals surface area contributed by atoms with Crippen LogP contribution in [0.4, 0.5) is 9.18 Å². The van der Waals surface area contributed by atoms with Crippen LogP contribution in [0.1, 0.15) is 29.9 Å². The van der Waals surface area contributed by atoms with E-state index in [0.29, 0.717) is 38.4 Å². The number of cyclic esters (lactones) is 1. The van der Waals surface area contributed by atoms with Crippen LogP contribution < -0.4 is 5.32 Å². The number of carbonyl (C=O) groups excluding carboxylic acids is 2. The molecule has 0 radical (unpaired) electrons. The molecule has 3 heterocycles. The van der Waals surface area contributed by atoms with E-state index in [4.69, 9.17) is 9.47 Å². The zero-order valence-electron chi connectivity index (χ0n) is 23.7. The lowest BCUT2D eigenvalue weighted by Gasteiger charge is -2.28. The number of halogens is 1. The molecule has 0 atom stereocenters. The number of aromatic amines is 1. The number of hydrogen-bond acceptors (Lipinski definition) is 5. The van der Waals surface area contributed by atoms with Crippen molar-refractivity contribution in [2.24, 2.45) is 0 Å². The normalized spacial score (nSPS) is 13.7. The number of H-pyrrole nitrogens is 1. The molecule has 0 saturated carbocycles. The molecule has 0 unspecified atom stereocenters. The highest BCUT2D eigenvalue weighted by molar-refractivity contribution is 6.06. The van der Waals surface area contributed by atoms with Gasteiger partial charge in [-0.25, -0.2) is 9.18 Å². The van der Waals surface area contributed by atoms with Gasteiger partial charge in [0, 0.05) is 58.9 Å². The number of methoxy groups -OCH3 is 1. The van der Waals surface area contributed by atoms with Crippen molar-refractivity contribution in [3.8, 4) is 16.8 Å². The van der Waals surface area contributed by atoms with Crippen LogP contribution in [-0.2, 0) is 14.9 Å². The number of amides is 2. The standard InChI is InChI=1S/C32H32FN5O4/c1-32(2,19-41-3)29-28(20-4-6-21(7-5-20)30(39)34-12-13-37-14-15-42-31(37)40)25-17-26-22(18-35-36-26)16-27(25)38(29)24-10-8-23(33)9-11-24/h4-11,16-18H,12-15,19H2,1-3H3,(H,34,39)(H,35,36). The van der Waals surface area contributed by atoms with Gasteiger partial charge in [0.25, 0.3) is 5.91 Å². The second-order valence-electron chi connectivity index (χ2n) is 11.1. The third kappa shape index (κ3) is 4.98. The minimum atomic E-state index is -0.448. The van der Waals surface area contributed by atoms with Gasteiger partial charge in [-0.2, -0.15) is 5.10 Å². The first kappa shape index (κ1) is 27.5. The fraction of sp³-hybridized carbons (Fsp3) is 0.281. The summed E-state index contributed by atoms with van der Waals surface area (Å²) in [5, 5.41) is 12.1. The minimum absolute atomic E-state index is 0.220. The maximum atomic E-state index is 14.0. The molecular formula is C32H32FN5O4. The number of rotatable bonds is 9. The SMILES string of the molecule is COCC(C)(C)c1c(-c2ccc(C(=O)NCCN3CCOC3=O)cc2)c2cc3[nH]ncc3cc2n1-c1ccc(F)cc1. The van der Waals surface area contributed by atoms with E-state index in [2.05, 4.69) is 46.1 Å². The van der Waals surface area contributed by atoms with Crippen molar-refractivity contribution in [1.29, 1.82) is 0 Å². The molecule has 0 bridgehead atoms. The second kappa shape index (κ2) is 10.9. The molecule has 1 saturated heterocycles. The van der Waals surface area contributed by atoms with Crippen molar-refractivity contribution in [2.75, 3.05) is 40.0 Å². The monoisotopic (exact) mass is 569 g/mol. The molecule has 10 heteroatoms. The molecule has 0 spiro atoms. The fourth-order valence-electron chi connectivity index (χ4n) is 5.77. The van der Waals surface area contributed by atoms with Gasteiger partial charge < -0.3 is 24.3 Å². The number of fused-ring (bicyclic) bond motifs is 2. The van der Waals surface area contributed by atoms with Gasteiger partial charge in [0.15, 0.2) is 0 Å². The topological polar surface area (TPSA) is 101 Å². The highest BCUT2D eigenvalue weighted by Crippen LogP contribution is 2.44. The second-order valence-corrected chi connectivity index (χ2v) is 11.1. The van der Waals surface area contributed by atoms with Crippen molar-refractivity contribution in [1.82, 2.24) is 25.0 Å². The van der Waals surface area contributed by atoms with Crippen molar-refractivity contribution in [2.45, 2.75) is 19.3 Å². The quantitative estimate of drug-likeness (QED) is 0.247. The number of ether oxygens (including phenoxy) is 2. The van der Waals surface area contributed by atoms with Crippen LogP contribution in [0.2, 0.25) is 0 Å². The zero-order chi connectivity index (χ0) is 29.4. The van der Waals surface area contributed by atoms with Gasteiger partial charge in [-0.3, -0.25) is 9.89 Å². The summed E-state index contributed by atoms with van der Waals surface area (Å²) >= 11 is 0. The Kier molecular flexibility index (Phi) is 7.16. The number of nitrogens with one attached hydrogen (secondary N) is 2. The summed E-state index contributed by atoms with van der Waals surface area (Å²) in [4.78, 5) is 26.1. The average Bonchev–Trinajstić information content (AvgIpc) is 3.69. The first-order chi connectivity index (χ1) is 20.3. The number of benzene rings is 3. The van der Waals surface area contributed by atoms with Crippen LogP contribution in [0.15, 0.2) is 66.9 Å². The van der Waals surface area contributed by atoms with Crippen LogP contribution in [0.5, 0.6) is 0 Å². The summed E-state index contributed by atoms with van der Waals surface area (Å²) in [5.74, 6) is -0.526. The van der Waals surface area contributed by atoms with E-state index in [9.17, 15) is 14.0 Å². The van der Waals surface area contributed by atoms with Crippen LogP contribution in [0.25, 0.3) is 38.6 Å². The number of hydrogen-bond donors (Lipinski definition) is 2. The molecule has 9 nitrogen and oxygen atoms in total. The summed E-state index contributed by atoms with van der Waals surface area (Å²) in [7, 11) is 1.68. The Morgan fingerprint density at radius 3 is 2.60 bits per heavy atom. The molecule has 42 heavy (non-hydrogen) atoms. The molecule has 2 N–H and O–H groups in total. The number of carbonyl (C=O) groups is 2. The fourth-order valence-corrected chi connectivity index (χ4v) is 5.77. The molecular weight excluding hydrogens is 537 g/mol. The smallest absolute Gasteiger partial charge is 0.409 e. The maximum absolute atomic E-state index is 14.0. The van der Waals surface area contributed by atoms with E-state index in [0.717, 1.165) is 44.3 Å². The molecule has 3 aromatic carbocycles. The van der Waals surface area contributed by atoms with Gasteiger partial charge in [-0.1, -0.05) is 26.0 Å². The Labute approximate surface area is 242 Å². The molecule has 6 rings (SSSR count). The summed E-state index contributed by atoms with van der Waals surface area (Å²) < 4.78 is 26.8. The third-order valence-corrected chi connectivity index (χ3v) is 7.71. The van der Waals surface area contributed by atoms with Gasteiger partial charge in [0.2, 0.25) is 0 Å². The summed E-state index contributed by atoms with van der Waals surface area (Å²) in [6, 6.07) is 18.2. The molecule has 2 aromatic heterocycles. The van der Waals surface area contributed by atoms with Crippen LogP contribution in [0.3, 0.4) is 0 Å². The third-order valence-electron chi connectivity index (χ3n) is 7.71. The Morgan fingerprint density at radius 1 is 1.14 bits per heavy atom.